The molecule has 1 rings (SSSR count). The standard InChI is InChI=1S/C15H26N2O/c1-4-5-6-7-8-9-10-11-15(18)17-14(3)12-13(2)16-17/h12H,4-11H2,1-3H3. The van der Waals surface area contributed by atoms with E-state index in [1.807, 2.05) is 19.9 Å². The highest BCUT2D eigenvalue weighted by Crippen LogP contribution is 2.10. The largest absolute Gasteiger partial charge is 0.273 e. The molecule has 1 aromatic heterocycles. The number of carbonyl (C=O) groups excluding carboxylic acids is 1. The molecule has 0 spiro atoms. The van der Waals surface area contributed by atoms with Crippen LogP contribution < -0.4 is 0 Å². The lowest BCUT2D eigenvalue weighted by Crippen LogP contribution is -2.13. The summed E-state index contributed by atoms with van der Waals surface area (Å²) in [4.78, 5) is 11.9. The van der Waals surface area contributed by atoms with Gasteiger partial charge >= 0.3 is 0 Å². The van der Waals surface area contributed by atoms with Crippen molar-refractivity contribution in [3.05, 3.63) is 17.5 Å². The van der Waals surface area contributed by atoms with Crippen molar-refractivity contribution in [2.45, 2.75) is 72.1 Å². The molecule has 0 radical (unpaired) electrons. The van der Waals surface area contributed by atoms with E-state index in [1.165, 1.54) is 32.1 Å². The molecule has 0 N–H and O–H groups in total. The van der Waals surface area contributed by atoms with Crippen molar-refractivity contribution in [2.24, 2.45) is 0 Å². The first-order valence-electron chi connectivity index (χ1n) is 7.21. The maximum absolute atomic E-state index is 11.9. The quantitative estimate of drug-likeness (QED) is 0.645. The van der Waals surface area contributed by atoms with Crippen LogP contribution in [0.5, 0.6) is 0 Å². The molecule has 0 atom stereocenters. The Kier molecular flexibility index (Phi) is 6.69. The van der Waals surface area contributed by atoms with E-state index < -0.39 is 0 Å². The summed E-state index contributed by atoms with van der Waals surface area (Å²) in [5, 5.41) is 4.22. The second-order valence-corrected chi connectivity index (χ2v) is 5.10. The lowest BCUT2D eigenvalue weighted by molar-refractivity contribution is 0.0880. The molecule has 0 aliphatic heterocycles. The first kappa shape index (κ1) is 14.9. The van der Waals surface area contributed by atoms with Crippen LogP contribution in [-0.4, -0.2) is 15.7 Å². The van der Waals surface area contributed by atoms with Gasteiger partial charge in [0.25, 0.3) is 0 Å². The monoisotopic (exact) mass is 250 g/mol. The molecule has 0 aromatic carbocycles. The average molecular weight is 250 g/mol. The van der Waals surface area contributed by atoms with Crippen LogP contribution in [0.4, 0.5) is 0 Å². The second kappa shape index (κ2) is 8.06. The van der Waals surface area contributed by atoms with E-state index in [1.54, 1.807) is 4.68 Å². The van der Waals surface area contributed by atoms with Crippen molar-refractivity contribution in [1.82, 2.24) is 9.78 Å². The molecule has 0 fully saturated rings. The maximum atomic E-state index is 11.9. The summed E-state index contributed by atoms with van der Waals surface area (Å²) in [5.41, 5.74) is 1.86. The molecule has 0 aliphatic rings. The minimum absolute atomic E-state index is 0.133. The first-order chi connectivity index (χ1) is 8.65. The van der Waals surface area contributed by atoms with Gasteiger partial charge in [0.05, 0.1) is 5.69 Å². The van der Waals surface area contributed by atoms with Crippen molar-refractivity contribution in [3.63, 3.8) is 0 Å². The Hall–Kier alpha value is -1.12. The zero-order chi connectivity index (χ0) is 13.4. The summed E-state index contributed by atoms with van der Waals surface area (Å²) < 4.78 is 1.55. The molecule has 0 amide bonds. The van der Waals surface area contributed by atoms with Gasteiger partial charge in [0.15, 0.2) is 0 Å². The Balaban J connectivity index is 2.16. The van der Waals surface area contributed by atoms with Crippen molar-refractivity contribution in [1.29, 1.82) is 0 Å². The highest BCUT2D eigenvalue weighted by molar-refractivity contribution is 5.78. The highest BCUT2D eigenvalue weighted by Gasteiger charge is 2.09. The summed E-state index contributed by atoms with van der Waals surface area (Å²) >= 11 is 0. The number of hydrogen-bond acceptors (Lipinski definition) is 2. The summed E-state index contributed by atoms with van der Waals surface area (Å²) in [5.74, 6) is 0.133. The molecule has 1 heterocycles. The topological polar surface area (TPSA) is 34.9 Å². The van der Waals surface area contributed by atoms with Gasteiger partial charge in [-0.15, -0.1) is 0 Å². The second-order valence-electron chi connectivity index (χ2n) is 5.10. The predicted octanol–water partition coefficient (Wildman–Crippen LogP) is 4.28. The Labute approximate surface area is 111 Å². The fourth-order valence-electron chi connectivity index (χ4n) is 2.22. The number of nitrogens with zero attached hydrogens (tertiary/aromatic N) is 2. The molecule has 0 saturated carbocycles. The van der Waals surface area contributed by atoms with Crippen LogP contribution in [-0.2, 0) is 0 Å². The number of carbonyl (C=O) groups is 1. The van der Waals surface area contributed by atoms with Gasteiger partial charge in [-0.1, -0.05) is 45.4 Å². The number of aromatic nitrogens is 2. The van der Waals surface area contributed by atoms with Gasteiger partial charge in [0, 0.05) is 12.1 Å². The average Bonchev–Trinajstić information content (AvgIpc) is 2.67. The van der Waals surface area contributed by atoms with E-state index in [0.717, 1.165) is 24.2 Å². The number of aryl methyl sites for hydroxylation is 2. The zero-order valence-electron chi connectivity index (χ0n) is 12.0. The van der Waals surface area contributed by atoms with Gasteiger partial charge in [-0.05, 0) is 26.3 Å². The van der Waals surface area contributed by atoms with Crippen molar-refractivity contribution < 1.29 is 4.79 Å². The first-order valence-corrected chi connectivity index (χ1v) is 7.21. The maximum Gasteiger partial charge on any atom is 0.247 e. The molecule has 0 unspecified atom stereocenters. The molecular formula is C15H26N2O. The molecule has 0 saturated heterocycles. The Morgan fingerprint density at radius 3 is 2.28 bits per heavy atom. The van der Waals surface area contributed by atoms with Crippen LogP contribution in [0.1, 0.15) is 74.5 Å². The third kappa shape index (κ3) is 5.03. The normalized spacial score (nSPS) is 10.8. The summed E-state index contributed by atoms with van der Waals surface area (Å²) in [6, 6.07) is 1.95. The molecule has 3 heteroatoms. The van der Waals surface area contributed by atoms with E-state index in [4.69, 9.17) is 0 Å². The predicted molar refractivity (Wildman–Crippen MR) is 74.9 cm³/mol. The van der Waals surface area contributed by atoms with Crippen LogP contribution in [0.25, 0.3) is 0 Å². The molecule has 3 nitrogen and oxygen atoms in total. The van der Waals surface area contributed by atoms with Crippen molar-refractivity contribution in [3.8, 4) is 0 Å². The molecular weight excluding hydrogens is 224 g/mol. The van der Waals surface area contributed by atoms with Crippen LogP contribution in [0.2, 0.25) is 0 Å². The van der Waals surface area contributed by atoms with Crippen LogP contribution in [0, 0.1) is 13.8 Å². The molecule has 18 heavy (non-hydrogen) atoms. The summed E-state index contributed by atoms with van der Waals surface area (Å²) in [6.07, 6.45) is 9.29. The zero-order valence-corrected chi connectivity index (χ0v) is 12.0. The van der Waals surface area contributed by atoms with E-state index in [0.29, 0.717) is 6.42 Å². The molecule has 0 aliphatic carbocycles. The van der Waals surface area contributed by atoms with Crippen molar-refractivity contribution in [2.75, 3.05) is 0 Å². The molecule has 0 bridgehead atoms. The fourth-order valence-corrected chi connectivity index (χ4v) is 2.22. The van der Waals surface area contributed by atoms with Gasteiger partial charge in [0.1, 0.15) is 0 Å². The van der Waals surface area contributed by atoms with Gasteiger partial charge in [-0.25, -0.2) is 4.68 Å². The Morgan fingerprint density at radius 1 is 1.11 bits per heavy atom. The van der Waals surface area contributed by atoms with E-state index in [9.17, 15) is 4.79 Å². The minimum atomic E-state index is 0.133. The summed E-state index contributed by atoms with van der Waals surface area (Å²) in [7, 11) is 0. The van der Waals surface area contributed by atoms with Crippen molar-refractivity contribution >= 4 is 5.91 Å². The van der Waals surface area contributed by atoms with Gasteiger partial charge < -0.3 is 0 Å². The van der Waals surface area contributed by atoms with Gasteiger partial charge in [0.2, 0.25) is 5.91 Å². The smallest absolute Gasteiger partial charge is 0.247 e. The van der Waals surface area contributed by atoms with E-state index >= 15 is 0 Å². The van der Waals surface area contributed by atoms with Crippen LogP contribution in [0.15, 0.2) is 6.07 Å². The molecule has 102 valence electrons. The Morgan fingerprint density at radius 2 is 1.72 bits per heavy atom. The van der Waals surface area contributed by atoms with E-state index in [-0.39, 0.29) is 5.91 Å². The third-order valence-electron chi connectivity index (χ3n) is 3.24. The lowest BCUT2D eigenvalue weighted by Gasteiger charge is -2.03. The van der Waals surface area contributed by atoms with Crippen LogP contribution in [0.3, 0.4) is 0 Å². The fraction of sp³-hybridized carbons (Fsp3) is 0.733. The summed E-state index contributed by atoms with van der Waals surface area (Å²) in [6.45, 7) is 6.08. The lowest BCUT2D eigenvalue weighted by atomic mass is 10.1. The molecule has 1 aromatic rings. The van der Waals surface area contributed by atoms with Gasteiger partial charge in [-0.2, -0.15) is 5.10 Å². The third-order valence-corrected chi connectivity index (χ3v) is 3.24. The highest BCUT2D eigenvalue weighted by atomic mass is 16.2. The number of hydrogen-bond donors (Lipinski definition) is 0. The Bertz CT molecular complexity index is 369. The van der Waals surface area contributed by atoms with E-state index in [2.05, 4.69) is 12.0 Å². The van der Waals surface area contributed by atoms with Gasteiger partial charge in [-0.3, -0.25) is 4.79 Å². The SMILES string of the molecule is CCCCCCCCCC(=O)n1nc(C)cc1C. The van der Waals surface area contributed by atoms with Crippen LogP contribution >= 0.6 is 0 Å². The number of unbranched alkanes of at least 4 members (excludes halogenated alkanes) is 6. The number of rotatable bonds is 8. The minimum Gasteiger partial charge on any atom is -0.273 e.